The SMILES string of the molecule is CCCC[C@@H]1C(=O)N(c2ccc(C)cc2)[C@@H]1c1ccc(Cl)cc1. The average molecular weight is 328 g/mol. The van der Waals surface area contributed by atoms with Crippen LogP contribution < -0.4 is 4.90 Å². The van der Waals surface area contributed by atoms with E-state index in [1.54, 1.807) is 0 Å². The van der Waals surface area contributed by atoms with Crippen molar-refractivity contribution in [1.82, 2.24) is 0 Å². The Labute approximate surface area is 143 Å². The second kappa shape index (κ2) is 6.76. The molecule has 0 saturated carbocycles. The molecule has 0 aromatic heterocycles. The lowest BCUT2D eigenvalue weighted by Crippen LogP contribution is -2.55. The van der Waals surface area contributed by atoms with Crippen molar-refractivity contribution >= 4 is 23.2 Å². The molecule has 1 amide bonds. The van der Waals surface area contributed by atoms with Crippen LogP contribution in [-0.2, 0) is 4.79 Å². The third-order valence-corrected chi connectivity index (χ3v) is 4.86. The molecule has 1 aliphatic heterocycles. The van der Waals surface area contributed by atoms with Crippen LogP contribution in [0.15, 0.2) is 48.5 Å². The molecule has 2 aromatic rings. The Morgan fingerprint density at radius 1 is 1.04 bits per heavy atom. The molecular weight excluding hydrogens is 306 g/mol. The van der Waals surface area contributed by atoms with Crippen molar-refractivity contribution in [2.45, 2.75) is 39.2 Å². The molecule has 0 spiro atoms. The number of rotatable bonds is 5. The first-order chi connectivity index (χ1) is 11.1. The minimum absolute atomic E-state index is 0.0810. The Morgan fingerprint density at radius 3 is 2.30 bits per heavy atom. The van der Waals surface area contributed by atoms with Crippen LogP contribution in [0.4, 0.5) is 5.69 Å². The standard InChI is InChI=1S/C20H22ClNO/c1-3-4-5-18-19(15-8-10-16(21)11-9-15)22(20(18)23)17-12-6-14(2)7-13-17/h6-13,18-19H,3-5H2,1-2H3/t18-,19+/m0/s1. The zero-order valence-corrected chi connectivity index (χ0v) is 14.4. The van der Waals surface area contributed by atoms with Crippen LogP contribution in [0, 0.1) is 12.8 Å². The molecule has 0 radical (unpaired) electrons. The minimum Gasteiger partial charge on any atom is -0.304 e. The zero-order valence-electron chi connectivity index (χ0n) is 13.6. The number of anilines is 1. The summed E-state index contributed by atoms with van der Waals surface area (Å²) >= 11 is 6.02. The first-order valence-corrected chi connectivity index (χ1v) is 8.65. The Hall–Kier alpha value is -1.80. The molecule has 0 unspecified atom stereocenters. The van der Waals surface area contributed by atoms with Gasteiger partial charge in [0.05, 0.1) is 12.0 Å². The fraction of sp³-hybridized carbons (Fsp3) is 0.350. The second-order valence-electron chi connectivity index (χ2n) is 6.29. The summed E-state index contributed by atoms with van der Waals surface area (Å²) < 4.78 is 0. The molecular formula is C20H22ClNO. The van der Waals surface area contributed by atoms with Gasteiger partial charge in [-0.15, -0.1) is 0 Å². The number of β-lactam (4-membered cyclic amide) rings is 1. The molecule has 3 rings (SSSR count). The van der Waals surface area contributed by atoms with Crippen LogP contribution in [0.5, 0.6) is 0 Å². The quantitative estimate of drug-likeness (QED) is 0.660. The maximum Gasteiger partial charge on any atom is 0.233 e. The first-order valence-electron chi connectivity index (χ1n) is 8.27. The molecule has 120 valence electrons. The molecule has 1 fully saturated rings. The molecule has 2 nitrogen and oxygen atoms in total. The van der Waals surface area contributed by atoms with Crippen molar-refractivity contribution in [3.63, 3.8) is 0 Å². The van der Waals surface area contributed by atoms with Crippen molar-refractivity contribution in [1.29, 1.82) is 0 Å². The van der Waals surface area contributed by atoms with E-state index < -0.39 is 0 Å². The number of carbonyl (C=O) groups is 1. The predicted molar refractivity (Wildman–Crippen MR) is 95.9 cm³/mol. The van der Waals surface area contributed by atoms with Gasteiger partial charge in [-0.25, -0.2) is 0 Å². The summed E-state index contributed by atoms with van der Waals surface area (Å²) in [5, 5.41) is 0.728. The summed E-state index contributed by atoms with van der Waals surface area (Å²) in [4.78, 5) is 14.6. The van der Waals surface area contributed by atoms with Crippen LogP contribution in [0.3, 0.4) is 0 Å². The number of hydrogen-bond acceptors (Lipinski definition) is 1. The van der Waals surface area contributed by atoms with E-state index in [1.165, 1.54) is 5.56 Å². The lowest BCUT2D eigenvalue weighted by Gasteiger charge is -2.47. The first kappa shape index (κ1) is 16.1. The van der Waals surface area contributed by atoms with E-state index in [1.807, 2.05) is 41.3 Å². The Kier molecular flexibility index (Phi) is 4.72. The zero-order chi connectivity index (χ0) is 16.4. The molecule has 2 atom stereocenters. The number of carbonyl (C=O) groups excluding carboxylic acids is 1. The summed E-state index contributed by atoms with van der Waals surface area (Å²) in [7, 11) is 0. The van der Waals surface area contributed by atoms with Gasteiger partial charge >= 0.3 is 0 Å². The van der Waals surface area contributed by atoms with Gasteiger partial charge in [-0.1, -0.05) is 61.2 Å². The highest BCUT2D eigenvalue weighted by Crippen LogP contribution is 2.45. The van der Waals surface area contributed by atoms with E-state index in [0.29, 0.717) is 0 Å². The predicted octanol–water partition coefficient (Wildman–Crippen LogP) is 5.54. The minimum atomic E-state index is 0.0810. The lowest BCUT2D eigenvalue weighted by atomic mass is 9.79. The third kappa shape index (κ3) is 3.13. The largest absolute Gasteiger partial charge is 0.304 e. The highest BCUT2D eigenvalue weighted by Gasteiger charge is 2.47. The summed E-state index contributed by atoms with van der Waals surface area (Å²) in [5.41, 5.74) is 3.34. The van der Waals surface area contributed by atoms with E-state index in [0.717, 1.165) is 35.5 Å². The van der Waals surface area contributed by atoms with Gasteiger partial charge in [-0.3, -0.25) is 4.79 Å². The number of unbranched alkanes of at least 4 members (excludes halogenated alkanes) is 1. The Morgan fingerprint density at radius 2 is 1.70 bits per heavy atom. The Bertz CT molecular complexity index is 678. The number of nitrogens with zero attached hydrogens (tertiary/aromatic N) is 1. The van der Waals surface area contributed by atoms with Crippen LogP contribution >= 0.6 is 11.6 Å². The van der Waals surface area contributed by atoms with E-state index >= 15 is 0 Å². The maximum absolute atomic E-state index is 12.7. The van der Waals surface area contributed by atoms with E-state index in [-0.39, 0.29) is 17.9 Å². The van der Waals surface area contributed by atoms with Gasteiger partial charge in [0.25, 0.3) is 0 Å². The smallest absolute Gasteiger partial charge is 0.233 e. The fourth-order valence-corrected chi connectivity index (χ4v) is 3.41. The van der Waals surface area contributed by atoms with Gasteiger partial charge < -0.3 is 4.90 Å². The highest BCUT2D eigenvalue weighted by molar-refractivity contribution is 6.30. The molecule has 0 aliphatic carbocycles. The highest BCUT2D eigenvalue weighted by atomic mass is 35.5. The van der Waals surface area contributed by atoms with Crippen molar-refractivity contribution in [2.75, 3.05) is 4.90 Å². The number of hydrogen-bond donors (Lipinski definition) is 0. The van der Waals surface area contributed by atoms with Gasteiger partial charge in [0.2, 0.25) is 5.91 Å². The molecule has 1 saturated heterocycles. The van der Waals surface area contributed by atoms with E-state index in [2.05, 4.69) is 26.0 Å². The number of aryl methyl sites for hydroxylation is 1. The molecule has 1 heterocycles. The number of halogens is 1. The molecule has 0 N–H and O–H groups in total. The van der Waals surface area contributed by atoms with Crippen molar-refractivity contribution in [3.05, 3.63) is 64.7 Å². The van der Waals surface area contributed by atoms with Gasteiger partial charge in [0.1, 0.15) is 0 Å². The second-order valence-corrected chi connectivity index (χ2v) is 6.73. The van der Waals surface area contributed by atoms with Crippen LogP contribution in [0.1, 0.15) is 43.4 Å². The summed E-state index contributed by atoms with van der Waals surface area (Å²) in [6, 6.07) is 16.2. The van der Waals surface area contributed by atoms with Gasteiger partial charge in [0.15, 0.2) is 0 Å². The van der Waals surface area contributed by atoms with Gasteiger partial charge in [-0.2, -0.15) is 0 Å². The fourth-order valence-electron chi connectivity index (χ4n) is 3.29. The summed E-state index contributed by atoms with van der Waals surface area (Å²) in [6.45, 7) is 4.22. The summed E-state index contributed by atoms with van der Waals surface area (Å²) in [5.74, 6) is 0.319. The molecule has 23 heavy (non-hydrogen) atoms. The maximum atomic E-state index is 12.7. The van der Waals surface area contributed by atoms with E-state index in [9.17, 15) is 4.79 Å². The number of benzene rings is 2. The van der Waals surface area contributed by atoms with Gasteiger partial charge in [-0.05, 0) is 43.2 Å². The average Bonchev–Trinajstić information content (AvgIpc) is 2.56. The third-order valence-electron chi connectivity index (χ3n) is 4.61. The lowest BCUT2D eigenvalue weighted by molar-refractivity contribution is -0.130. The van der Waals surface area contributed by atoms with E-state index in [4.69, 9.17) is 11.6 Å². The molecule has 0 bridgehead atoms. The van der Waals surface area contributed by atoms with Crippen LogP contribution in [-0.4, -0.2) is 5.91 Å². The van der Waals surface area contributed by atoms with Crippen molar-refractivity contribution < 1.29 is 4.79 Å². The number of amides is 1. The normalized spacial score (nSPS) is 20.5. The molecule has 2 aromatic carbocycles. The van der Waals surface area contributed by atoms with Crippen LogP contribution in [0.2, 0.25) is 5.02 Å². The molecule has 1 aliphatic rings. The topological polar surface area (TPSA) is 20.3 Å². The monoisotopic (exact) mass is 327 g/mol. The van der Waals surface area contributed by atoms with Crippen molar-refractivity contribution in [3.8, 4) is 0 Å². The molecule has 3 heteroatoms. The Balaban J connectivity index is 1.92. The van der Waals surface area contributed by atoms with Crippen molar-refractivity contribution in [2.24, 2.45) is 5.92 Å². The van der Waals surface area contributed by atoms with Crippen LogP contribution in [0.25, 0.3) is 0 Å². The summed E-state index contributed by atoms with van der Waals surface area (Å²) in [6.07, 6.45) is 3.15. The van der Waals surface area contributed by atoms with Gasteiger partial charge in [0, 0.05) is 10.7 Å².